The summed E-state index contributed by atoms with van der Waals surface area (Å²) in [4.78, 5) is 12.0. The van der Waals surface area contributed by atoms with E-state index in [1.54, 1.807) is 13.8 Å². The summed E-state index contributed by atoms with van der Waals surface area (Å²) in [5.41, 5.74) is 5.94. The lowest BCUT2D eigenvalue weighted by Crippen LogP contribution is -2.66. The first-order chi connectivity index (χ1) is 10.7. The fourth-order valence-electron chi connectivity index (χ4n) is 2.87. The standard InChI is InChI=1S/C14H25NO8/c1-13(2)21-6-8(22-13)10(17)11-9(15)7(16)5-14(20-4,23-11)12(18)19-3/h7-11,16-17H,5-6,15H2,1-4H3/t7-,8+,9+,10+,11+,14?/m0/s1. The molecule has 2 saturated heterocycles. The molecule has 0 amide bonds. The first kappa shape index (κ1) is 18.5. The van der Waals surface area contributed by atoms with Crippen molar-refractivity contribution in [2.24, 2.45) is 5.73 Å². The lowest BCUT2D eigenvalue weighted by atomic mass is 9.89. The summed E-state index contributed by atoms with van der Waals surface area (Å²) in [6.45, 7) is 3.56. The lowest BCUT2D eigenvalue weighted by molar-refractivity contribution is -0.303. The highest BCUT2D eigenvalue weighted by molar-refractivity contribution is 5.78. The smallest absolute Gasteiger partial charge is 0.366 e. The average Bonchev–Trinajstić information content (AvgIpc) is 2.88. The summed E-state index contributed by atoms with van der Waals surface area (Å²) in [6.07, 6.45) is -4.36. The maximum absolute atomic E-state index is 12.0. The van der Waals surface area contributed by atoms with E-state index in [1.807, 2.05) is 0 Å². The van der Waals surface area contributed by atoms with Gasteiger partial charge in [-0.05, 0) is 13.8 Å². The molecule has 2 heterocycles. The van der Waals surface area contributed by atoms with Crippen LogP contribution in [0, 0.1) is 0 Å². The Morgan fingerprint density at radius 2 is 2.00 bits per heavy atom. The Morgan fingerprint density at radius 1 is 1.35 bits per heavy atom. The zero-order chi connectivity index (χ0) is 17.4. The highest BCUT2D eigenvalue weighted by Crippen LogP contribution is 2.35. The maximum atomic E-state index is 12.0. The van der Waals surface area contributed by atoms with Crippen LogP contribution in [0.25, 0.3) is 0 Å². The van der Waals surface area contributed by atoms with E-state index in [0.29, 0.717) is 0 Å². The van der Waals surface area contributed by atoms with Gasteiger partial charge < -0.3 is 39.6 Å². The number of esters is 1. The van der Waals surface area contributed by atoms with Crippen molar-refractivity contribution in [3.63, 3.8) is 0 Å². The van der Waals surface area contributed by atoms with Crippen molar-refractivity contribution in [1.82, 2.24) is 0 Å². The van der Waals surface area contributed by atoms with Crippen LogP contribution in [-0.2, 0) is 28.5 Å². The molecule has 2 aliphatic rings. The number of aliphatic hydroxyl groups excluding tert-OH is 2. The molecule has 0 saturated carbocycles. The predicted octanol–water partition coefficient (Wildman–Crippen LogP) is -1.51. The van der Waals surface area contributed by atoms with Crippen LogP contribution in [0.5, 0.6) is 0 Å². The van der Waals surface area contributed by atoms with Crippen LogP contribution in [0.15, 0.2) is 0 Å². The summed E-state index contributed by atoms with van der Waals surface area (Å²) in [5.74, 6) is -3.49. The van der Waals surface area contributed by atoms with Crippen molar-refractivity contribution in [2.75, 3.05) is 20.8 Å². The summed E-state index contributed by atoms with van der Waals surface area (Å²) in [6, 6.07) is -0.926. The lowest BCUT2D eigenvalue weighted by Gasteiger charge is -2.45. The molecule has 0 aliphatic carbocycles. The van der Waals surface area contributed by atoms with Gasteiger partial charge in [0, 0.05) is 13.5 Å². The van der Waals surface area contributed by atoms with Gasteiger partial charge in [0.1, 0.15) is 18.3 Å². The van der Waals surface area contributed by atoms with Gasteiger partial charge in [0.2, 0.25) is 0 Å². The van der Waals surface area contributed by atoms with E-state index in [4.69, 9.17) is 24.7 Å². The van der Waals surface area contributed by atoms with Crippen LogP contribution in [-0.4, -0.2) is 79.0 Å². The fraction of sp³-hybridized carbons (Fsp3) is 0.929. The third kappa shape index (κ3) is 3.50. The van der Waals surface area contributed by atoms with E-state index >= 15 is 0 Å². The molecule has 0 bridgehead atoms. The molecule has 0 aromatic heterocycles. The highest BCUT2D eigenvalue weighted by Gasteiger charge is 2.55. The van der Waals surface area contributed by atoms with Crippen LogP contribution < -0.4 is 5.73 Å². The highest BCUT2D eigenvalue weighted by atomic mass is 16.8. The Hall–Kier alpha value is -0.810. The monoisotopic (exact) mass is 335 g/mol. The van der Waals surface area contributed by atoms with Gasteiger partial charge >= 0.3 is 5.97 Å². The fourth-order valence-corrected chi connectivity index (χ4v) is 2.87. The summed E-state index contributed by atoms with van der Waals surface area (Å²) in [5, 5.41) is 20.7. The van der Waals surface area contributed by atoms with Crippen LogP contribution in [0.4, 0.5) is 0 Å². The maximum Gasteiger partial charge on any atom is 0.366 e. The molecule has 6 atom stereocenters. The number of carbonyl (C=O) groups excluding carboxylic acids is 1. The molecule has 9 heteroatoms. The van der Waals surface area contributed by atoms with E-state index in [-0.39, 0.29) is 13.0 Å². The number of nitrogens with two attached hydrogens (primary N) is 1. The first-order valence-corrected chi connectivity index (χ1v) is 7.40. The Labute approximate surface area is 134 Å². The number of rotatable bonds is 4. The molecule has 9 nitrogen and oxygen atoms in total. The molecule has 2 fully saturated rings. The summed E-state index contributed by atoms with van der Waals surface area (Å²) in [7, 11) is 2.43. The normalized spacial score (nSPS) is 41.5. The third-order valence-electron chi connectivity index (χ3n) is 4.20. The number of aliphatic hydroxyl groups is 2. The molecule has 134 valence electrons. The molecular formula is C14H25NO8. The Balaban J connectivity index is 2.20. The van der Waals surface area contributed by atoms with Crippen LogP contribution in [0.2, 0.25) is 0 Å². The second-order valence-electron chi connectivity index (χ2n) is 6.24. The summed E-state index contributed by atoms with van der Waals surface area (Å²) < 4.78 is 26.4. The van der Waals surface area contributed by atoms with Crippen molar-refractivity contribution in [3.05, 3.63) is 0 Å². The minimum Gasteiger partial charge on any atom is -0.465 e. The first-order valence-electron chi connectivity index (χ1n) is 7.40. The predicted molar refractivity (Wildman–Crippen MR) is 76.1 cm³/mol. The second kappa shape index (κ2) is 6.60. The molecule has 23 heavy (non-hydrogen) atoms. The van der Waals surface area contributed by atoms with Gasteiger partial charge in [-0.2, -0.15) is 0 Å². The number of hydrogen-bond donors (Lipinski definition) is 3. The molecule has 2 aliphatic heterocycles. The molecule has 0 aromatic carbocycles. The van der Waals surface area contributed by atoms with Crippen LogP contribution in [0.3, 0.4) is 0 Å². The van der Waals surface area contributed by atoms with E-state index in [9.17, 15) is 15.0 Å². The summed E-state index contributed by atoms with van der Waals surface area (Å²) >= 11 is 0. The van der Waals surface area contributed by atoms with Gasteiger partial charge in [-0.1, -0.05) is 0 Å². The minimum absolute atomic E-state index is 0.134. The molecule has 0 aromatic rings. The Bertz CT molecular complexity index is 444. The molecular weight excluding hydrogens is 310 g/mol. The molecule has 1 unspecified atom stereocenters. The molecule has 0 radical (unpaired) electrons. The zero-order valence-electron chi connectivity index (χ0n) is 13.7. The molecule has 0 spiro atoms. The SMILES string of the molecule is COC(=O)C1(OC)C[C@H](O)[C@@H](N)[C@H]([C@H](O)[C@H]2COC(C)(C)O2)O1. The second-order valence-corrected chi connectivity index (χ2v) is 6.24. The van der Waals surface area contributed by atoms with E-state index in [0.717, 1.165) is 0 Å². The van der Waals surface area contributed by atoms with Gasteiger partial charge in [-0.3, -0.25) is 0 Å². The van der Waals surface area contributed by atoms with Gasteiger partial charge in [-0.15, -0.1) is 0 Å². The van der Waals surface area contributed by atoms with Crippen molar-refractivity contribution in [2.45, 2.75) is 62.3 Å². The molecule has 2 rings (SSSR count). The van der Waals surface area contributed by atoms with E-state index in [1.165, 1.54) is 14.2 Å². The number of ether oxygens (including phenoxy) is 5. The van der Waals surface area contributed by atoms with Crippen molar-refractivity contribution >= 4 is 5.97 Å². The zero-order valence-corrected chi connectivity index (χ0v) is 13.7. The van der Waals surface area contributed by atoms with E-state index < -0.39 is 48.0 Å². The van der Waals surface area contributed by atoms with Gasteiger partial charge in [-0.25, -0.2) is 4.79 Å². The Kier molecular flexibility index (Phi) is 5.31. The van der Waals surface area contributed by atoms with Crippen LogP contribution >= 0.6 is 0 Å². The minimum atomic E-state index is -1.83. The average molecular weight is 335 g/mol. The van der Waals surface area contributed by atoms with Gasteiger partial charge in [0.25, 0.3) is 5.79 Å². The number of carbonyl (C=O) groups is 1. The van der Waals surface area contributed by atoms with Crippen molar-refractivity contribution in [3.8, 4) is 0 Å². The topological polar surface area (TPSA) is 130 Å². The van der Waals surface area contributed by atoms with E-state index in [2.05, 4.69) is 4.74 Å². The third-order valence-corrected chi connectivity index (χ3v) is 4.20. The largest absolute Gasteiger partial charge is 0.465 e. The Morgan fingerprint density at radius 3 is 2.48 bits per heavy atom. The number of hydrogen-bond acceptors (Lipinski definition) is 9. The van der Waals surface area contributed by atoms with Crippen LogP contribution in [0.1, 0.15) is 20.3 Å². The van der Waals surface area contributed by atoms with Gasteiger partial charge in [0.05, 0.1) is 25.9 Å². The quantitative estimate of drug-likeness (QED) is 0.525. The molecule has 4 N–H and O–H groups in total. The van der Waals surface area contributed by atoms with Gasteiger partial charge in [0.15, 0.2) is 5.79 Å². The van der Waals surface area contributed by atoms with Crippen molar-refractivity contribution < 1.29 is 38.7 Å². The number of methoxy groups -OCH3 is 2. The van der Waals surface area contributed by atoms with Crippen molar-refractivity contribution in [1.29, 1.82) is 0 Å².